The molecule has 1 aromatic carbocycles. The van der Waals surface area contributed by atoms with E-state index in [0.29, 0.717) is 24.6 Å². The number of nitrogens with one attached hydrogen (secondary N) is 2. The second-order valence-electron chi connectivity index (χ2n) is 4.82. The van der Waals surface area contributed by atoms with Crippen molar-refractivity contribution in [3.05, 3.63) is 35.4 Å². The lowest BCUT2D eigenvalue weighted by atomic mass is 10.1. The Kier molecular flexibility index (Phi) is 6.02. The Hall–Kier alpha value is -1.88. The van der Waals surface area contributed by atoms with Crippen molar-refractivity contribution in [1.82, 2.24) is 10.6 Å². The summed E-state index contributed by atoms with van der Waals surface area (Å²) >= 11 is 0. The quantitative estimate of drug-likeness (QED) is 0.675. The summed E-state index contributed by atoms with van der Waals surface area (Å²) in [5, 5.41) is 5.81. The molecule has 1 rings (SSSR count). The lowest BCUT2D eigenvalue weighted by Crippen LogP contribution is -2.35. The van der Waals surface area contributed by atoms with Crippen LogP contribution < -0.4 is 16.4 Å². The lowest BCUT2D eigenvalue weighted by molar-refractivity contribution is -0.120. The molecule has 0 atom stereocenters. The molecule has 2 amide bonds. The van der Waals surface area contributed by atoms with E-state index in [1.807, 2.05) is 26.0 Å². The van der Waals surface area contributed by atoms with E-state index in [2.05, 4.69) is 10.6 Å². The minimum atomic E-state index is -0.457. The number of carbonyl (C=O) groups excluding carboxylic acids is 2. The number of nitrogens with two attached hydrogens (primary N) is 1. The molecule has 0 radical (unpaired) electrons. The summed E-state index contributed by atoms with van der Waals surface area (Å²) in [7, 11) is 0. The van der Waals surface area contributed by atoms with Crippen LogP contribution in [-0.2, 0) is 11.3 Å². The molecule has 0 unspecified atom stereocenters. The standard InChI is InChI=1S/C14H21N3O2/c1-10(2)7-17-13(18)9-16-8-11-5-3-4-6-12(11)14(15)19/h3-6,10,16H,7-9H2,1-2H3,(H2,15,19)(H,17,18). The third kappa shape index (κ3) is 5.52. The van der Waals surface area contributed by atoms with Gasteiger partial charge >= 0.3 is 0 Å². The van der Waals surface area contributed by atoms with Crippen LogP contribution in [0.5, 0.6) is 0 Å². The van der Waals surface area contributed by atoms with Crippen LogP contribution in [0.4, 0.5) is 0 Å². The maximum atomic E-state index is 11.5. The van der Waals surface area contributed by atoms with Gasteiger partial charge in [0, 0.05) is 18.7 Å². The van der Waals surface area contributed by atoms with Gasteiger partial charge in [-0.15, -0.1) is 0 Å². The fourth-order valence-electron chi connectivity index (χ4n) is 1.61. The highest BCUT2D eigenvalue weighted by atomic mass is 16.2. The molecule has 0 fully saturated rings. The van der Waals surface area contributed by atoms with E-state index in [-0.39, 0.29) is 12.5 Å². The summed E-state index contributed by atoms with van der Waals surface area (Å²) in [5.74, 6) is -0.0774. The largest absolute Gasteiger partial charge is 0.366 e. The molecule has 5 nitrogen and oxygen atoms in total. The molecule has 0 aliphatic carbocycles. The summed E-state index contributed by atoms with van der Waals surface area (Å²) in [4.78, 5) is 22.7. The van der Waals surface area contributed by atoms with Gasteiger partial charge in [-0.25, -0.2) is 0 Å². The maximum absolute atomic E-state index is 11.5. The van der Waals surface area contributed by atoms with Gasteiger partial charge in [0.05, 0.1) is 6.54 Å². The molecule has 19 heavy (non-hydrogen) atoms. The van der Waals surface area contributed by atoms with Crippen LogP contribution in [0.25, 0.3) is 0 Å². The van der Waals surface area contributed by atoms with E-state index < -0.39 is 5.91 Å². The Morgan fingerprint density at radius 1 is 1.26 bits per heavy atom. The molecule has 0 heterocycles. The number of hydrogen-bond donors (Lipinski definition) is 3. The highest BCUT2D eigenvalue weighted by Gasteiger charge is 2.07. The van der Waals surface area contributed by atoms with E-state index in [4.69, 9.17) is 5.73 Å². The number of hydrogen-bond acceptors (Lipinski definition) is 3. The minimum Gasteiger partial charge on any atom is -0.366 e. The summed E-state index contributed by atoms with van der Waals surface area (Å²) in [6.07, 6.45) is 0. The molecule has 0 saturated carbocycles. The first-order valence-corrected chi connectivity index (χ1v) is 6.35. The predicted octanol–water partition coefficient (Wildman–Crippen LogP) is 0.647. The van der Waals surface area contributed by atoms with Gasteiger partial charge in [0.15, 0.2) is 0 Å². The zero-order valence-electron chi connectivity index (χ0n) is 11.4. The third-order valence-corrected chi connectivity index (χ3v) is 2.59. The van der Waals surface area contributed by atoms with E-state index in [0.717, 1.165) is 5.56 Å². The second-order valence-corrected chi connectivity index (χ2v) is 4.82. The van der Waals surface area contributed by atoms with Gasteiger partial charge in [0.2, 0.25) is 11.8 Å². The van der Waals surface area contributed by atoms with Crippen molar-refractivity contribution in [2.24, 2.45) is 11.7 Å². The minimum absolute atomic E-state index is 0.0507. The van der Waals surface area contributed by atoms with Gasteiger partial charge in [-0.1, -0.05) is 32.0 Å². The SMILES string of the molecule is CC(C)CNC(=O)CNCc1ccccc1C(N)=O. The second kappa shape index (κ2) is 7.53. The molecular weight excluding hydrogens is 242 g/mol. The molecule has 0 aromatic heterocycles. The molecule has 0 spiro atoms. The number of rotatable bonds is 7. The zero-order valence-corrected chi connectivity index (χ0v) is 11.4. The fourth-order valence-corrected chi connectivity index (χ4v) is 1.61. The molecule has 1 aromatic rings. The summed E-state index contributed by atoms with van der Waals surface area (Å²) in [6.45, 7) is 5.40. The van der Waals surface area contributed by atoms with Crippen LogP contribution in [0, 0.1) is 5.92 Å². The van der Waals surface area contributed by atoms with Crippen molar-refractivity contribution in [3.63, 3.8) is 0 Å². The average Bonchev–Trinajstić information content (AvgIpc) is 2.36. The van der Waals surface area contributed by atoms with E-state index in [1.54, 1.807) is 12.1 Å². The van der Waals surface area contributed by atoms with Gasteiger partial charge in [0.1, 0.15) is 0 Å². The first-order valence-electron chi connectivity index (χ1n) is 6.35. The van der Waals surface area contributed by atoms with E-state index in [1.165, 1.54) is 0 Å². The van der Waals surface area contributed by atoms with Crippen molar-refractivity contribution >= 4 is 11.8 Å². The summed E-state index contributed by atoms with van der Waals surface area (Å²) in [5.41, 5.74) is 6.56. The lowest BCUT2D eigenvalue weighted by Gasteiger charge is -2.10. The van der Waals surface area contributed by atoms with Crippen molar-refractivity contribution in [2.75, 3.05) is 13.1 Å². The Bertz CT molecular complexity index is 444. The molecular formula is C14H21N3O2. The smallest absolute Gasteiger partial charge is 0.249 e. The highest BCUT2D eigenvalue weighted by molar-refractivity contribution is 5.94. The number of benzene rings is 1. The normalized spacial score (nSPS) is 10.5. The van der Waals surface area contributed by atoms with Crippen LogP contribution in [0.2, 0.25) is 0 Å². The third-order valence-electron chi connectivity index (χ3n) is 2.59. The molecule has 5 heteroatoms. The van der Waals surface area contributed by atoms with E-state index >= 15 is 0 Å². The van der Waals surface area contributed by atoms with Crippen LogP contribution in [0.15, 0.2) is 24.3 Å². The highest BCUT2D eigenvalue weighted by Crippen LogP contribution is 2.07. The first kappa shape index (κ1) is 15.2. The summed E-state index contributed by atoms with van der Waals surface area (Å²) < 4.78 is 0. The van der Waals surface area contributed by atoms with Crippen molar-refractivity contribution < 1.29 is 9.59 Å². The van der Waals surface area contributed by atoms with Crippen molar-refractivity contribution in [3.8, 4) is 0 Å². The zero-order chi connectivity index (χ0) is 14.3. The van der Waals surface area contributed by atoms with Gasteiger partial charge in [0.25, 0.3) is 0 Å². The number of amides is 2. The molecule has 0 saturated heterocycles. The van der Waals surface area contributed by atoms with Gasteiger partial charge in [-0.2, -0.15) is 0 Å². The maximum Gasteiger partial charge on any atom is 0.249 e. The van der Waals surface area contributed by atoms with Crippen LogP contribution >= 0.6 is 0 Å². The Morgan fingerprint density at radius 2 is 1.95 bits per heavy atom. The van der Waals surface area contributed by atoms with Crippen molar-refractivity contribution in [2.45, 2.75) is 20.4 Å². The van der Waals surface area contributed by atoms with Crippen LogP contribution in [0.1, 0.15) is 29.8 Å². The Morgan fingerprint density at radius 3 is 2.58 bits per heavy atom. The molecule has 0 aliphatic rings. The van der Waals surface area contributed by atoms with Crippen LogP contribution in [0.3, 0.4) is 0 Å². The number of primary amides is 1. The van der Waals surface area contributed by atoms with Crippen molar-refractivity contribution in [1.29, 1.82) is 0 Å². The molecule has 0 bridgehead atoms. The van der Waals surface area contributed by atoms with Gasteiger partial charge in [-0.3, -0.25) is 9.59 Å². The molecule has 0 aliphatic heterocycles. The topological polar surface area (TPSA) is 84.2 Å². The van der Waals surface area contributed by atoms with Gasteiger partial charge in [-0.05, 0) is 17.5 Å². The summed E-state index contributed by atoms with van der Waals surface area (Å²) in [6, 6.07) is 7.10. The Labute approximate surface area is 113 Å². The average molecular weight is 263 g/mol. The predicted molar refractivity (Wildman–Crippen MR) is 74.5 cm³/mol. The number of carbonyl (C=O) groups is 2. The Balaban J connectivity index is 2.41. The molecule has 104 valence electrons. The first-order chi connectivity index (χ1) is 9.00. The molecule has 4 N–H and O–H groups in total. The fraction of sp³-hybridized carbons (Fsp3) is 0.429. The van der Waals surface area contributed by atoms with E-state index in [9.17, 15) is 9.59 Å². The van der Waals surface area contributed by atoms with Crippen LogP contribution in [-0.4, -0.2) is 24.9 Å². The van der Waals surface area contributed by atoms with Gasteiger partial charge < -0.3 is 16.4 Å². The monoisotopic (exact) mass is 263 g/mol.